The lowest BCUT2D eigenvalue weighted by molar-refractivity contribution is 0.305. The van der Waals surface area contributed by atoms with E-state index in [1.54, 1.807) is 24.2 Å². The lowest BCUT2D eigenvalue weighted by Gasteiger charge is -2.30. The zero-order chi connectivity index (χ0) is 19.6. The van der Waals surface area contributed by atoms with Crippen LogP contribution in [0, 0.1) is 0 Å². The molecule has 1 fully saturated rings. The summed E-state index contributed by atoms with van der Waals surface area (Å²) in [6.07, 6.45) is 7.62. The number of hydrogen-bond donors (Lipinski definition) is 1. The predicted octanol–water partition coefficient (Wildman–Crippen LogP) is 3.43. The number of hydrogen-bond acceptors (Lipinski definition) is 6. The van der Waals surface area contributed by atoms with Gasteiger partial charge in [0.15, 0.2) is 0 Å². The third kappa shape index (κ3) is 4.01. The maximum Gasteiger partial charge on any atom is 0.241 e. The zero-order valence-corrected chi connectivity index (χ0v) is 17.3. The van der Waals surface area contributed by atoms with Crippen LogP contribution in [0.5, 0.6) is 0 Å². The molecule has 0 saturated heterocycles. The van der Waals surface area contributed by atoms with Crippen LogP contribution in [0.1, 0.15) is 44.2 Å². The van der Waals surface area contributed by atoms with Gasteiger partial charge in [-0.3, -0.25) is 0 Å². The molecule has 148 valence electrons. The van der Waals surface area contributed by atoms with Gasteiger partial charge < -0.3 is 4.57 Å². The van der Waals surface area contributed by atoms with E-state index in [1.165, 1.54) is 11.3 Å². The maximum atomic E-state index is 13.1. The lowest BCUT2D eigenvalue weighted by atomic mass is 9.91. The van der Waals surface area contributed by atoms with Crippen LogP contribution >= 0.6 is 11.3 Å². The van der Waals surface area contributed by atoms with Gasteiger partial charge in [0.25, 0.3) is 0 Å². The van der Waals surface area contributed by atoms with E-state index in [-0.39, 0.29) is 12.1 Å². The molecule has 2 unspecified atom stereocenters. The van der Waals surface area contributed by atoms with E-state index in [0.717, 1.165) is 42.5 Å². The van der Waals surface area contributed by atoms with E-state index >= 15 is 0 Å². The molecule has 1 aliphatic rings. The minimum Gasteiger partial charge on any atom is -0.317 e. The molecule has 7 nitrogen and oxygen atoms in total. The summed E-state index contributed by atoms with van der Waals surface area (Å²) in [5, 5.41) is 9.70. The average molecular weight is 418 g/mol. The van der Waals surface area contributed by atoms with Crippen molar-refractivity contribution >= 4 is 21.4 Å². The Bertz CT molecular complexity index is 1020. The molecule has 4 rings (SSSR count). The fraction of sp³-hybridized carbons (Fsp3) is 0.421. The van der Waals surface area contributed by atoms with Gasteiger partial charge in [-0.2, -0.15) is 0 Å². The molecular formula is C19H23N5O2S2. The first-order valence-electron chi connectivity index (χ1n) is 9.44. The van der Waals surface area contributed by atoms with Crippen molar-refractivity contribution in [3.05, 3.63) is 47.3 Å². The molecule has 1 aliphatic carbocycles. The van der Waals surface area contributed by atoms with Gasteiger partial charge in [-0.25, -0.2) is 18.1 Å². The minimum absolute atomic E-state index is 0.0888. The number of sulfonamides is 1. The summed E-state index contributed by atoms with van der Waals surface area (Å²) in [7, 11) is -3.59. The van der Waals surface area contributed by atoms with Crippen LogP contribution in [0.25, 0.3) is 11.3 Å². The molecule has 0 bridgehead atoms. The van der Waals surface area contributed by atoms with Gasteiger partial charge in [-0.05, 0) is 49.8 Å². The summed E-state index contributed by atoms with van der Waals surface area (Å²) in [6, 6.07) is 5.62. The summed E-state index contributed by atoms with van der Waals surface area (Å²) >= 11 is 1.53. The topological polar surface area (TPSA) is 89.8 Å². The number of benzene rings is 1. The highest BCUT2D eigenvalue weighted by molar-refractivity contribution is 7.89. The second-order valence-electron chi connectivity index (χ2n) is 7.10. The van der Waals surface area contributed by atoms with Crippen molar-refractivity contribution < 1.29 is 8.42 Å². The van der Waals surface area contributed by atoms with Gasteiger partial charge in [0.2, 0.25) is 10.0 Å². The van der Waals surface area contributed by atoms with E-state index in [1.807, 2.05) is 29.0 Å². The fourth-order valence-electron chi connectivity index (χ4n) is 3.85. The van der Waals surface area contributed by atoms with Crippen LogP contribution in [0.4, 0.5) is 0 Å². The largest absolute Gasteiger partial charge is 0.317 e. The Balaban J connectivity index is 1.54. The standard InChI is InChI=1S/C19H23N5O2S2/c1-2-14-8-15(18-10-27-13-20-18)6-7-19(14)28(25,26)23-16-4-3-5-17(9-16)24-11-21-22-12-24/h6-8,10-13,16-17,23H,2-5,9H2,1H3. The van der Waals surface area contributed by atoms with Crippen molar-refractivity contribution in [3.63, 3.8) is 0 Å². The number of nitrogens with zero attached hydrogens (tertiary/aromatic N) is 4. The van der Waals surface area contributed by atoms with Crippen LogP contribution in [-0.2, 0) is 16.4 Å². The Morgan fingerprint density at radius 1 is 1.25 bits per heavy atom. The molecule has 28 heavy (non-hydrogen) atoms. The Morgan fingerprint density at radius 3 is 2.79 bits per heavy atom. The first-order chi connectivity index (χ1) is 13.6. The molecule has 1 aromatic carbocycles. The SMILES string of the molecule is CCc1cc(-c2cscn2)ccc1S(=O)(=O)NC1CCCC(n2cnnc2)C1. The number of aryl methyl sites for hydroxylation is 1. The molecule has 9 heteroatoms. The Morgan fingerprint density at radius 2 is 2.07 bits per heavy atom. The smallest absolute Gasteiger partial charge is 0.241 e. The van der Waals surface area contributed by atoms with Gasteiger partial charge in [-0.15, -0.1) is 21.5 Å². The number of aromatic nitrogens is 4. The van der Waals surface area contributed by atoms with E-state index < -0.39 is 10.0 Å². The van der Waals surface area contributed by atoms with Crippen LogP contribution in [-0.4, -0.2) is 34.2 Å². The average Bonchev–Trinajstić information content (AvgIpc) is 3.41. The summed E-state index contributed by atoms with van der Waals surface area (Å²) < 4.78 is 31.1. The molecular weight excluding hydrogens is 394 g/mol. The van der Waals surface area contributed by atoms with Crippen molar-refractivity contribution in [3.8, 4) is 11.3 Å². The van der Waals surface area contributed by atoms with Gasteiger partial charge in [0.1, 0.15) is 12.7 Å². The molecule has 3 aromatic rings. The monoisotopic (exact) mass is 417 g/mol. The van der Waals surface area contributed by atoms with Gasteiger partial charge in [-0.1, -0.05) is 13.0 Å². The van der Waals surface area contributed by atoms with Gasteiger partial charge >= 0.3 is 0 Å². The first-order valence-corrected chi connectivity index (χ1v) is 11.9. The van der Waals surface area contributed by atoms with Crippen LogP contribution < -0.4 is 4.72 Å². The highest BCUT2D eigenvalue weighted by Crippen LogP contribution is 2.30. The quantitative estimate of drug-likeness (QED) is 0.664. The second kappa shape index (κ2) is 8.10. The summed E-state index contributed by atoms with van der Waals surface area (Å²) in [6.45, 7) is 1.97. The highest BCUT2D eigenvalue weighted by Gasteiger charge is 2.28. The maximum absolute atomic E-state index is 13.1. The molecule has 1 saturated carbocycles. The molecule has 0 spiro atoms. The lowest BCUT2D eigenvalue weighted by Crippen LogP contribution is -2.39. The van der Waals surface area contributed by atoms with E-state index in [9.17, 15) is 8.42 Å². The molecule has 0 radical (unpaired) electrons. The second-order valence-corrected chi connectivity index (χ2v) is 9.50. The molecule has 0 aliphatic heterocycles. The van der Waals surface area contributed by atoms with Crippen molar-refractivity contribution in [1.29, 1.82) is 0 Å². The Kier molecular flexibility index (Phi) is 5.56. The molecule has 1 N–H and O–H groups in total. The Labute approximate surface area is 168 Å². The zero-order valence-electron chi connectivity index (χ0n) is 15.7. The Hall–Kier alpha value is -2.10. The van der Waals surface area contributed by atoms with Crippen molar-refractivity contribution in [2.75, 3.05) is 0 Å². The number of rotatable bonds is 6. The normalized spacial score (nSPS) is 20.3. The van der Waals surface area contributed by atoms with Crippen molar-refractivity contribution in [2.45, 2.75) is 56.0 Å². The third-order valence-electron chi connectivity index (χ3n) is 5.29. The molecule has 2 heterocycles. The minimum atomic E-state index is -3.59. The first kappa shape index (κ1) is 19.2. The van der Waals surface area contributed by atoms with Gasteiger partial charge in [0, 0.05) is 23.0 Å². The van der Waals surface area contributed by atoms with Crippen molar-refractivity contribution in [2.24, 2.45) is 0 Å². The van der Waals surface area contributed by atoms with Crippen molar-refractivity contribution in [1.82, 2.24) is 24.5 Å². The molecule has 2 aromatic heterocycles. The van der Waals surface area contributed by atoms with Crippen LogP contribution in [0.3, 0.4) is 0 Å². The summed E-state index contributed by atoms with van der Waals surface area (Å²) in [5.41, 5.74) is 4.41. The van der Waals surface area contributed by atoms with E-state index in [2.05, 4.69) is 19.9 Å². The number of nitrogens with one attached hydrogen (secondary N) is 1. The predicted molar refractivity (Wildman–Crippen MR) is 109 cm³/mol. The third-order valence-corrected chi connectivity index (χ3v) is 7.49. The highest BCUT2D eigenvalue weighted by atomic mass is 32.2. The summed E-state index contributed by atoms with van der Waals surface area (Å²) in [5.74, 6) is 0. The van der Waals surface area contributed by atoms with Crippen LogP contribution in [0.15, 0.2) is 46.6 Å². The number of thiazole rings is 1. The molecule has 2 atom stereocenters. The molecule has 0 amide bonds. The van der Waals surface area contributed by atoms with E-state index in [4.69, 9.17) is 0 Å². The van der Waals surface area contributed by atoms with Gasteiger partial charge in [0.05, 0.1) is 16.1 Å². The fourth-order valence-corrected chi connectivity index (χ4v) is 5.99. The summed E-state index contributed by atoms with van der Waals surface area (Å²) in [4.78, 5) is 4.68. The van der Waals surface area contributed by atoms with E-state index in [0.29, 0.717) is 11.3 Å². The van der Waals surface area contributed by atoms with Crippen LogP contribution in [0.2, 0.25) is 0 Å².